The first-order chi connectivity index (χ1) is 15.5. The number of carbonyl (C=O) groups excluding carboxylic acids is 2. The summed E-state index contributed by atoms with van der Waals surface area (Å²) < 4.78 is 7.28. The zero-order valence-electron chi connectivity index (χ0n) is 18.5. The lowest BCUT2D eigenvalue weighted by Gasteiger charge is -2.10. The number of Topliss-reactive ketones (excluding diaryl/α,β-unsaturated/α-hetero) is 1. The first kappa shape index (κ1) is 21.4. The standard InChI is InChI=1S/C27H26N2O3/c1-4-32-23-14-10-20(11-15-23)24-17-22-7-5-6-16-29(22)25(24)26(30)27(31)28-21-12-8-19(9-13-21)18(2)3/h5-18H,4H2,1-3H3,(H,28,31). The Morgan fingerprint density at radius 2 is 1.69 bits per heavy atom. The van der Waals surface area contributed by atoms with Crippen LogP contribution in [0.25, 0.3) is 16.6 Å². The van der Waals surface area contributed by atoms with Crippen LogP contribution in [0.1, 0.15) is 42.7 Å². The second-order valence-electron chi connectivity index (χ2n) is 7.92. The highest BCUT2D eigenvalue weighted by atomic mass is 16.5. The molecule has 1 amide bonds. The molecule has 1 N–H and O–H groups in total. The molecule has 2 aromatic carbocycles. The highest BCUT2D eigenvalue weighted by Crippen LogP contribution is 2.30. The molecule has 162 valence electrons. The molecule has 0 fully saturated rings. The summed E-state index contributed by atoms with van der Waals surface area (Å²) in [6.07, 6.45) is 1.80. The van der Waals surface area contributed by atoms with Gasteiger partial charge >= 0.3 is 0 Å². The Hall–Kier alpha value is -3.86. The molecule has 5 nitrogen and oxygen atoms in total. The normalized spacial score (nSPS) is 11.0. The van der Waals surface area contributed by atoms with Crippen molar-refractivity contribution in [2.24, 2.45) is 0 Å². The number of carbonyl (C=O) groups is 2. The zero-order valence-corrected chi connectivity index (χ0v) is 18.5. The van der Waals surface area contributed by atoms with Gasteiger partial charge in [-0.1, -0.05) is 44.2 Å². The van der Waals surface area contributed by atoms with Crippen molar-refractivity contribution in [2.75, 3.05) is 11.9 Å². The van der Waals surface area contributed by atoms with Crippen molar-refractivity contribution in [3.05, 3.63) is 90.3 Å². The van der Waals surface area contributed by atoms with Crippen molar-refractivity contribution in [1.29, 1.82) is 0 Å². The first-order valence-corrected chi connectivity index (χ1v) is 10.8. The molecule has 0 atom stereocenters. The Balaban J connectivity index is 1.68. The minimum Gasteiger partial charge on any atom is -0.494 e. The molecule has 4 rings (SSSR count). The number of benzene rings is 2. The van der Waals surface area contributed by atoms with E-state index in [0.29, 0.717) is 29.5 Å². The van der Waals surface area contributed by atoms with E-state index in [1.165, 1.54) is 5.56 Å². The highest BCUT2D eigenvalue weighted by Gasteiger charge is 2.25. The van der Waals surface area contributed by atoms with Crippen molar-refractivity contribution >= 4 is 22.9 Å². The third-order valence-corrected chi connectivity index (χ3v) is 5.41. The largest absolute Gasteiger partial charge is 0.494 e. The third kappa shape index (κ3) is 4.28. The van der Waals surface area contributed by atoms with E-state index < -0.39 is 11.7 Å². The average Bonchev–Trinajstić information content (AvgIpc) is 3.19. The summed E-state index contributed by atoms with van der Waals surface area (Å²) in [6, 6.07) is 22.7. The SMILES string of the molecule is CCOc1ccc(-c2cc3ccccn3c2C(=O)C(=O)Nc2ccc(C(C)C)cc2)cc1. The van der Waals surface area contributed by atoms with Gasteiger partial charge in [-0.25, -0.2) is 0 Å². The molecule has 5 heteroatoms. The van der Waals surface area contributed by atoms with Crippen molar-refractivity contribution in [1.82, 2.24) is 4.40 Å². The van der Waals surface area contributed by atoms with E-state index in [1.54, 1.807) is 10.6 Å². The molecule has 0 saturated carbocycles. The number of nitrogens with zero attached hydrogens (tertiary/aromatic N) is 1. The van der Waals surface area contributed by atoms with E-state index in [1.807, 2.05) is 79.7 Å². The predicted molar refractivity (Wildman–Crippen MR) is 127 cm³/mol. The number of pyridine rings is 1. The molecule has 2 aromatic heterocycles. The second kappa shape index (κ2) is 9.10. The maximum atomic E-state index is 13.3. The number of ether oxygens (including phenoxy) is 1. The van der Waals surface area contributed by atoms with Gasteiger partial charge < -0.3 is 14.5 Å². The van der Waals surface area contributed by atoms with Gasteiger partial charge in [0, 0.05) is 23.0 Å². The fraction of sp³-hybridized carbons (Fsp3) is 0.185. The van der Waals surface area contributed by atoms with Crippen LogP contribution in [-0.2, 0) is 4.79 Å². The van der Waals surface area contributed by atoms with E-state index in [-0.39, 0.29) is 0 Å². The highest BCUT2D eigenvalue weighted by molar-refractivity contribution is 6.47. The Morgan fingerprint density at radius 1 is 0.969 bits per heavy atom. The van der Waals surface area contributed by atoms with Crippen molar-refractivity contribution < 1.29 is 14.3 Å². The number of ketones is 1. The van der Waals surface area contributed by atoms with Crippen LogP contribution in [0.5, 0.6) is 5.75 Å². The van der Waals surface area contributed by atoms with Crippen LogP contribution in [-0.4, -0.2) is 22.7 Å². The molecule has 0 bridgehead atoms. The average molecular weight is 427 g/mol. The number of rotatable bonds is 7. The monoisotopic (exact) mass is 426 g/mol. The van der Waals surface area contributed by atoms with E-state index in [2.05, 4.69) is 19.2 Å². The maximum Gasteiger partial charge on any atom is 0.298 e. The first-order valence-electron chi connectivity index (χ1n) is 10.8. The van der Waals surface area contributed by atoms with E-state index in [4.69, 9.17) is 4.74 Å². The van der Waals surface area contributed by atoms with Crippen LogP contribution in [0, 0.1) is 0 Å². The van der Waals surface area contributed by atoms with Gasteiger partial charge in [0.2, 0.25) is 0 Å². The lowest BCUT2D eigenvalue weighted by molar-refractivity contribution is -0.112. The fourth-order valence-electron chi connectivity index (χ4n) is 3.72. The summed E-state index contributed by atoms with van der Waals surface area (Å²) >= 11 is 0. The van der Waals surface area contributed by atoms with Crippen LogP contribution in [0.2, 0.25) is 0 Å². The molecular weight excluding hydrogens is 400 g/mol. The molecule has 4 aromatic rings. The van der Waals surface area contributed by atoms with Crippen LogP contribution < -0.4 is 10.1 Å². The molecule has 32 heavy (non-hydrogen) atoms. The third-order valence-electron chi connectivity index (χ3n) is 5.41. The molecule has 0 spiro atoms. The summed E-state index contributed by atoms with van der Waals surface area (Å²) in [4.78, 5) is 26.2. The summed E-state index contributed by atoms with van der Waals surface area (Å²) in [6.45, 7) is 6.73. The number of anilines is 1. The van der Waals surface area contributed by atoms with Gasteiger partial charge in [0.1, 0.15) is 11.4 Å². The van der Waals surface area contributed by atoms with Crippen LogP contribution >= 0.6 is 0 Å². The zero-order chi connectivity index (χ0) is 22.7. The molecule has 0 aliphatic carbocycles. The van der Waals surface area contributed by atoms with Crippen LogP contribution in [0.15, 0.2) is 79.0 Å². The van der Waals surface area contributed by atoms with E-state index >= 15 is 0 Å². The fourth-order valence-corrected chi connectivity index (χ4v) is 3.72. The quantitative estimate of drug-likeness (QED) is 0.293. The molecule has 0 aliphatic rings. The van der Waals surface area contributed by atoms with Gasteiger partial charge in [0.25, 0.3) is 11.7 Å². The Labute approximate surface area is 187 Å². The van der Waals surface area contributed by atoms with Crippen molar-refractivity contribution in [3.8, 4) is 16.9 Å². The van der Waals surface area contributed by atoms with Crippen molar-refractivity contribution in [3.63, 3.8) is 0 Å². The molecular formula is C27H26N2O3. The smallest absolute Gasteiger partial charge is 0.298 e. The van der Waals surface area contributed by atoms with Crippen LogP contribution in [0.4, 0.5) is 5.69 Å². The molecule has 0 unspecified atom stereocenters. The maximum absolute atomic E-state index is 13.3. The Kier molecular flexibility index (Phi) is 6.08. The lowest BCUT2D eigenvalue weighted by atomic mass is 10.0. The number of nitrogens with one attached hydrogen (secondary N) is 1. The Morgan fingerprint density at radius 3 is 2.34 bits per heavy atom. The minimum absolute atomic E-state index is 0.334. The topological polar surface area (TPSA) is 59.8 Å². The summed E-state index contributed by atoms with van der Waals surface area (Å²) in [5.41, 5.74) is 4.49. The molecule has 0 radical (unpaired) electrons. The lowest BCUT2D eigenvalue weighted by Crippen LogP contribution is -2.24. The second-order valence-corrected chi connectivity index (χ2v) is 7.92. The van der Waals surface area contributed by atoms with Gasteiger partial charge in [-0.3, -0.25) is 9.59 Å². The molecule has 2 heterocycles. The van der Waals surface area contributed by atoms with E-state index in [0.717, 1.165) is 16.8 Å². The molecule has 0 saturated heterocycles. The number of amides is 1. The van der Waals surface area contributed by atoms with E-state index in [9.17, 15) is 9.59 Å². The number of hydrogen-bond donors (Lipinski definition) is 1. The Bertz CT molecular complexity index is 1250. The number of aromatic nitrogens is 1. The van der Waals surface area contributed by atoms with Gasteiger partial charge in [-0.2, -0.15) is 0 Å². The summed E-state index contributed by atoms with van der Waals surface area (Å²) in [5, 5.41) is 2.74. The van der Waals surface area contributed by atoms with Gasteiger partial charge in [0.05, 0.1) is 6.61 Å². The van der Waals surface area contributed by atoms with Gasteiger partial charge in [-0.05, 0) is 66.4 Å². The number of fused-ring (bicyclic) bond motifs is 1. The number of hydrogen-bond acceptors (Lipinski definition) is 3. The van der Waals surface area contributed by atoms with Crippen LogP contribution in [0.3, 0.4) is 0 Å². The minimum atomic E-state index is -0.668. The van der Waals surface area contributed by atoms with Gasteiger partial charge in [-0.15, -0.1) is 0 Å². The predicted octanol–water partition coefficient (Wildman–Crippen LogP) is 5.95. The molecule has 0 aliphatic heterocycles. The van der Waals surface area contributed by atoms with Crippen molar-refractivity contribution in [2.45, 2.75) is 26.7 Å². The summed E-state index contributed by atoms with van der Waals surface area (Å²) in [5.74, 6) is -0.105. The summed E-state index contributed by atoms with van der Waals surface area (Å²) in [7, 11) is 0. The van der Waals surface area contributed by atoms with Gasteiger partial charge in [0.15, 0.2) is 0 Å².